The van der Waals surface area contributed by atoms with Crippen LogP contribution in [0.4, 0.5) is 5.69 Å². The van der Waals surface area contributed by atoms with Crippen LogP contribution in [0.1, 0.15) is 6.92 Å². The first-order chi connectivity index (χ1) is 11.0. The largest absolute Gasteiger partial charge is 0.495 e. The molecule has 1 aromatic heterocycles. The van der Waals surface area contributed by atoms with Crippen molar-refractivity contribution < 1.29 is 13.2 Å². The number of nitrogens with zero attached hydrogens (tertiary/aromatic N) is 1. The summed E-state index contributed by atoms with van der Waals surface area (Å²) in [5.74, 6) is 0.498. The molecule has 0 bridgehead atoms. The lowest BCUT2D eigenvalue weighted by molar-refractivity contribution is 0.417. The van der Waals surface area contributed by atoms with E-state index in [9.17, 15) is 8.42 Å². The maximum Gasteiger partial charge on any atom is 0.232 e. The SMILES string of the molecule is CCS(=O)(=O)Nc1cc(-c2ccc3ncsc3c2)ccc1OC. The minimum Gasteiger partial charge on any atom is -0.495 e. The quantitative estimate of drug-likeness (QED) is 0.763. The number of benzene rings is 2. The molecule has 5 nitrogen and oxygen atoms in total. The molecule has 0 unspecified atom stereocenters. The molecule has 120 valence electrons. The highest BCUT2D eigenvalue weighted by molar-refractivity contribution is 7.92. The average molecular weight is 348 g/mol. The Hall–Kier alpha value is -2.12. The van der Waals surface area contributed by atoms with E-state index in [0.717, 1.165) is 21.3 Å². The van der Waals surface area contributed by atoms with Gasteiger partial charge in [-0.1, -0.05) is 12.1 Å². The molecule has 0 aliphatic heterocycles. The lowest BCUT2D eigenvalue weighted by Gasteiger charge is -2.13. The predicted molar refractivity (Wildman–Crippen MR) is 94.7 cm³/mol. The molecule has 7 heteroatoms. The second kappa shape index (κ2) is 6.17. The summed E-state index contributed by atoms with van der Waals surface area (Å²) in [5.41, 5.74) is 5.12. The van der Waals surface area contributed by atoms with Crippen LogP contribution < -0.4 is 9.46 Å². The Bertz CT molecular complexity index is 949. The maximum atomic E-state index is 11.9. The van der Waals surface area contributed by atoms with Crippen LogP contribution in [0.3, 0.4) is 0 Å². The van der Waals surface area contributed by atoms with Gasteiger partial charge in [0, 0.05) is 0 Å². The summed E-state index contributed by atoms with van der Waals surface area (Å²) in [7, 11) is -1.85. The summed E-state index contributed by atoms with van der Waals surface area (Å²) in [6.07, 6.45) is 0. The zero-order valence-electron chi connectivity index (χ0n) is 12.7. The number of ether oxygens (including phenoxy) is 1. The van der Waals surface area contributed by atoms with Gasteiger partial charge in [-0.25, -0.2) is 13.4 Å². The van der Waals surface area contributed by atoms with Gasteiger partial charge in [-0.3, -0.25) is 4.72 Å². The first-order valence-electron chi connectivity index (χ1n) is 7.04. The molecule has 0 fully saturated rings. The molecule has 0 saturated carbocycles. The van der Waals surface area contributed by atoms with Crippen molar-refractivity contribution in [2.75, 3.05) is 17.6 Å². The Labute approximate surface area is 139 Å². The molecule has 1 heterocycles. The highest BCUT2D eigenvalue weighted by Crippen LogP contribution is 2.33. The highest BCUT2D eigenvalue weighted by Gasteiger charge is 2.13. The molecule has 0 saturated heterocycles. The van der Waals surface area contributed by atoms with Gasteiger partial charge in [-0.2, -0.15) is 0 Å². The van der Waals surface area contributed by atoms with Gasteiger partial charge in [0.25, 0.3) is 0 Å². The fourth-order valence-corrected chi connectivity index (χ4v) is 3.60. The number of methoxy groups -OCH3 is 1. The maximum absolute atomic E-state index is 11.9. The van der Waals surface area contributed by atoms with Crippen LogP contribution in [0.15, 0.2) is 41.9 Å². The van der Waals surface area contributed by atoms with E-state index in [1.54, 1.807) is 30.4 Å². The molecule has 0 radical (unpaired) electrons. The van der Waals surface area contributed by atoms with Gasteiger partial charge in [-0.15, -0.1) is 11.3 Å². The van der Waals surface area contributed by atoms with Crippen LogP contribution in [0.2, 0.25) is 0 Å². The molecule has 0 aliphatic carbocycles. The van der Waals surface area contributed by atoms with Crippen LogP contribution >= 0.6 is 11.3 Å². The smallest absolute Gasteiger partial charge is 0.232 e. The number of anilines is 1. The lowest BCUT2D eigenvalue weighted by atomic mass is 10.0. The Morgan fingerprint density at radius 3 is 2.65 bits per heavy atom. The highest BCUT2D eigenvalue weighted by atomic mass is 32.2. The Morgan fingerprint density at radius 1 is 1.17 bits per heavy atom. The summed E-state index contributed by atoms with van der Waals surface area (Å²) in [6, 6.07) is 11.4. The molecular weight excluding hydrogens is 332 g/mol. The molecule has 1 N–H and O–H groups in total. The molecule has 0 spiro atoms. The lowest BCUT2D eigenvalue weighted by Crippen LogP contribution is -2.15. The second-order valence-electron chi connectivity index (χ2n) is 4.96. The molecular formula is C16H16N2O3S2. The van der Waals surface area contributed by atoms with E-state index in [-0.39, 0.29) is 5.75 Å². The summed E-state index contributed by atoms with van der Waals surface area (Å²) in [4.78, 5) is 4.26. The van der Waals surface area contributed by atoms with Crippen LogP contribution in [-0.4, -0.2) is 26.3 Å². The van der Waals surface area contributed by atoms with Crippen LogP contribution in [0.25, 0.3) is 21.3 Å². The van der Waals surface area contributed by atoms with E-state index >= 15 is 0 Å². The molecule has 3 aromatic rings. The van der Waals surface area contributed by atoms with Gasteiger partial charge in [-0.05, 0) is 42.3 Å². The number of fused-ring (bicyclic) bond motifs is 1. The van der Waals surface area contributed by atoms with Crippen molar-refractivity contribution in [3.8, 4) is 16.9 Å². The Kier molecular flexibility index (Phi) is 4.23. The van der Waals surface area contributed by atoms with Crippen molar-refractivity contribution in [1.29, 1.82) is 0 Å². The molecule has 3 rings (SSSR count). The molecule has 0 amide bonds. The third kappa shape index (κ3) is 3.30. The molecule has 2 aromatic carbocycles. The second-order valence-corrected chi connectivity index (χ2v) is 7.85. The van der Waals surface area contributed by atoms with Gasteiger partial charge >= 0.3 is 0 Å². The van der Waals surface area contributed by atoms with Crippen LogP contribution in [0, 0.1) is 0 Å². The third-order valence-corrected chi connectivity index (χ3v) is 5.59. The summed E-state index contributed by atoms with van der Waals surface area (Å²) >= 11 is 1.57. The van der Waals surface area contributed by atoms with E-state index in [2.05, 4.69) is 9.71 Å². The fourth-order valence-electron chi connectivity index (χ4n) is 2.24. The number of nitrogens with one attached hydrogen (secondary N) is 1. The van der Waals surface area contributed by atoms with Crippen LogP contribution in [0.5, 0.6) is 5.75 Å². The Morgan fingerprint density at radius 2 is 1.91 bits per heavy atom. The normalized spacial score (nSPS) is 11.6. The monoisotopic (exact) mass is 348 g/mol. The first kappa shape index (κ1) is 15.8. The number of hydrogen-bond acceptors (Lipinski definition) is 5. The van der Waals surface area contributed by atoms with Gasteiger partial charge in [0.2, 0.25) is 10.0 Å². The van der Waals surface area contributed by atoms with Gasteiger partial charge in [0.05, 0.1) is 34.3 Å². The number of thiazole rings is 1. The Balaban J connectivity index is 2.06. The number of rotatable bonds is 5. The number of hydrogen-bond donors (Lipinski definition) is 1. The van der Waals surface area contributed by atoms with Gasteiger partial charge in [0.1, 0.15) is 5.75 Å². The minimum atomic E-state index is -3.37. The van der Waals surface area contributed by atoms with Crippen molar-refractivity contribution in [2.24, 2.45) is 0 Å². The van der Waals surface area contributed by atoms with E-state index in [1.165, 1.54) is 7.11 Å². The molecule has 0 atom stereocenters. The van der Waals surface area contributed by atoms with E-state index in [1.807, 2.05) is 29.8 Å². The summed E-state index contributed by atoms with van der Waals surface area (Å²) in [5, 5.41) is 0. The van der Waals surface area contributed by atoms with Crippen molar-refractivity contribution in [3.63, 3.8) is 0 Å². The zero-order valence-corrected chi connectivity index (χ0v) is 14.4. The van der Waals surface area contributed by atoms with Gasteiger partial charge in [0.15, 0.2) is 0 Å². The van der Waals surface area contributed by atoms with Crippen molar-refractivity contribution in [2.45, 2.75) is 6.92 Å². The van der Waals surface area contributed by atoms with E-state index < -0.39 is 10.0 Å². The zero-order chi connectivity index (χ0) is 16.4. The topological polar surface area (TPSA) is 68.3 Å². The van der Waals surface area contributed by atoms with Crippen molar-refractivity contribution in [3.05, 3.63) is 41.9 Å². The standard InChI is InChI=1S/C16H16N2O3S2/c1-3-23(19,20)18-14-8-11(5-7-15(14)21-2)12-4-6-13-16(9-12)22-10-17-13/h4-10,18H,3H2,1-2H3. The van der Waals surface area contributed by atoms with Gasteiger partial charge < -0.3 is 4.74 Å². The third-order valence-electron chi connectivity index (χ3n) is 3.51. The minimum absolute atomic E-state index is 0.00715. The fraction of sp³-hybridized carbons (Fsp3) is 0.188. The predicted octanol–water partition coefficient (Wildman–Crippen LogP) is 3.73. The van der Waals surface area contributed by atoms with E-state index in [4.69, 9.17) is 4.74 Å². The number of sulfonamides is 1. The van der Waals surface area contributed by atoms with E-state index in [0.29, 0.717) is 11.4 Å². The summed E-state index contributed by atoms with van der Waals surface area (Å²) < 4.78 is 32.6. The van der Waals surface area contributed by atoms with Crippen LogP contribution in [-0.2, 0) is 10.0 Å². The summed E-state index contributed by atoms with van der Waals surface area (Å²) in [6.45, 7) is 1.59. The number of aromatic nitrogens is 1. The first-order valence-corrected chi connectivity index (χ1v) is 9.58. The average Bonchev–Trinajstić information content (AvgIpc) is 3.02. The molecule has 0 aliphatic rings. The van der Waals surface area contributed by atoms with Crippen molar-refractivity contribution >= 4 is 37.3 Å². The molecule has 23 heavy (non-hydrogen) atoms. The van der Waals surface area contributed by atoms with Crippen molar-refractivity contribution in [1.82, 2.24) is 4.98 Å².